The molecular formula is C16H25ClN2OS. The van der Waals surface area contributed by atoms with Gasteiger partial charge >= 0.3 is 0 Å². The summed E-state index contributed by atoms with van der Waals surface area (Å²) in [4.78, 5) is 11.7. The van der Waals surface area contributed by atoms with Gasteiger partial charge in [0.15, 0.2) is 0 Å². The number of hydrogen-bond acceptors (Lipinski definition) is 3. The van der Waals surface area contributed by atoms with Crippen LogP contribution < -0.4 is 11.1 Å². The molecule has 118 valence electrons. The largest absolute Gasteiger partial charge is 0.368 e. The number of benzene rings is 1. The Balaban J connectivity index is 2.56. The molecule has 0 aromatic heterocycles. The molecule has 2 unspecified atom stereocenters. The number of amides is 1. The Morgan fingerprint density at radius 3 is 2.71 bits per heavy atom. The second kappa shape index (κ2) is 8.66. The van der Waals surface area contributed by atoms with Gasteiger partial charge in [-0.15, -0.1) is 0 Å². The van der Waals surface area contributed by atoms with Crippen LogP contribution in [0.15, 0.2) is 24.3 Å². The van der Waals surface area contributed by atoms with Gasteiger partial charge in [-0.2, -0.15) is 11.8 Å². The van der Waals surface area contributed by atoms with Gasteiger partial charge in [0.1, 0.15) is 0 Å². The van der Waals surface area contributed by atoms with Gasteiger partial charge in [-0.25, -0.2) is 0 Å². The number of rotatable bonds is 9. The Kier molecular flexibility index (Phi) is 7.57. The van der Waals surface area contributed by atoms with Gasteiger partial charge in [0.2, 0.25) is 5.91 Å². The van der Waals surface area contributed by atoms with Crippen molar-refractivity contribution in [1.82, 2.24) is 5.32 Å². The van der Waals surface area contributed by atoms with Crippen molar-refractivity contribution in [2.45, 2.75) is 50.2 Å². The summed E-state index contributed by atoms with van der Waals surface area (Å²) in [5.74, 6) is 0.546. The standard InChI is InChI=1S/C16H25ClN2OS/c1-4-9-19-16(3,15(18)20)10-12(2)21-11-13-7-5-6-8-14(13)17/h5-8,12,19H,4,9-11H2,1-3H3,(H2,18,20). The summed E-state index contributed by atoms with van der Waals surface area (Å²) in [6.45, 7) is 6.87. The van der Waals surface area contributed by atoms with E-state index in [0.29, 0.717) is 11.7 Å². The summed E-state index contributed by atoms with van der Waals surface area (Å²) >= 11 is 7.95. The summed E-state index contributed by atoms with van der Waals surface area (Å²) in [6.07, 6.45) is 1.68. The maximum Gasteiger partial charge on any atom is 0.237 e. The highest BCUT2D eigenvalue weighted by atomic mass is 35.5. The zero-order chi connectivity index (χ0) is 15.9. The van der Waals surface area contributed by atoms with E-state index in [1.165, 1.54) is 0 Å². The molecular weight excluding hydrogens is 304 g/mol. The molecule has 3 N–H and O–H groups in total. The second-order valence-electron chi connectivity index (χ2n) is 5.54. The SMILES string of the molecule is CCCNC(C)(CC(C)SCc1ccccc1Cl)C(N)=O. The third-order valence-corrected chi connectivity index (χ3v) is 5.07. The van der Waals surface area contributed by atoms with Gasteiger partial charge in [0.25, 0.3) is 0 Å². The van der Waals surface area contributed by atoms with Crippen LogP contribution in [0.2, 0.25) is 5.02 Å². The van der Waals surface area contributed by atoms with Gasteiger partial charge in [0.05, 0.1) is 5.54 Å². The van der Waals surface area contributed by atoms with E-state index in [1.54, 1.807) is 11.8 Å². The van der Waals surface area contributed by atoms with Gasteiger partial charge in [0, 0.05) is 16.0 Å². The Morgan fingerprint density at radius 1 is 1.48 bits per heavy atom. The predicted molar refractivity (Wildman–Crippen MR) is 92.7 cm³/mol. The molecule has 2 atom stereocenters. The lowest BCUT2D eigenvalue weighted by Gasteiger charge is -2.30. The van der Waals surface area contributed by atoms with E-state index in [9.17, 15) is 4.79 Å². The van der Waals surface area contributed by atoms with Crippen LogP contribution in [-0.4, -0.2) is 23.2 Å². The molecule has 0 aliphatic rings. The first-order valence-corrected chi connectivity index (χ1v) is 8.71. The van der Waals surface area contributed by atoms with Crippen LogP contribution >= 0.6 is 23.4 Å². The molecule has 0 saturated carbocycles. The van der Waals surface area contributed by atoms with Crippen LogP contribution in [0.1, 0.15) is 39.2 Å². The number of thioether (sulfide) groups is 1. The van der Waals surface area contributed by atoms with E-state index in [0.717, 1.165) is 29.3 Å². The summed E-state index contributed by atoms with van der Waals surface area (Å²) < 4.78 is 0. The topological polar surface area (TPSA) is 55.1 Å². The van der Waals surface area contributed by atoms with Gasteiger partial charge in [-0.1, -0.05) is 43.6 Å². The molecule has 1 amide bonds. The Hall–Kier alpha value is -0.710. The van der Waals surface area contributed by atoms with Crippen LogP contribution in [0.3, 0.4) is 0 Å². The molecule has 1 aromatic rings. The minimum atomic E-state index is -0.650. The maximum absolute atomic E-state index is 11.7. The number of carbonyl (C=O) groups is 1. The Morgan fingerprint density at radius 2 is 2.14 bits per heavy atom. The van der Waals surface area contributed by atoms with Crippen molar-refractivity contribution < 1.29 is 4.79 Å². The maximum atomic E-state index is 11.7. The number of hydrogen-bond donors (Lipinski definition) is 2. The molecule has 0 bridgehead atoms. The molecule has 0 radical (unpaired) electrons. The zero-order valence-electron chi connectivity index (χ0n) is 13.0. The van der Waals surface area contributed by atoms with Crippen molar-refractivity contribution in [2.24, 2.45) is 5.73 Å². The van der Waals surface area contributed by atoms with Crippen molar-refractivity contribution in [3.05, 3.63) is 34.9 Å². The molecule has 0 saturated heterocycles. The lowest BCUT2D eigenvalue weighted by molar-refractivity contribution is -0.124. The molecule has 21 heavy (non-hydrogen) atoms. The lowest BCUT2D eigenvalue weighted by Crippen LogP contribution is -2.54. The molecule has 0 aliphatic carbocycles. The third kappa shape index (κ3) is 5.89. The van der Waals surface area contributed by atoms with Crippen molar-refractivity contribution in [3.8, 4) is 0 Å². The van der Waals surface area contributed by atoms with E-state index in [1.807, 2.05) is 31.2 Å². The average molecular weight is 329 g/mol. The molecule has 0 spiro atoms. The molecule has 1 rings (SSSR count). The summed E-state index contributed by atoms with van der Waals surface area (Å²) in [7, 11) is 0. The van der Waals surface area contributed by atoms with Gasteiger partial charge < -0.3 is 11.1 Å². The zero-order valence-corrected chi connectivity index (χ0v) is 14.6. The minimum Gasteiger partial charge on any atom is -0.368 e. The van der Waals surface area contributed by atoms with Crippen molar-refractivity contribution in [1.29, 1.82) is 0 Å². The first-order chi connectivity index (χ1) is 9.89. The molecule has 0 aliphatic heterocycles. The fourth-order valence-corrected chi connectivity index (χ4v) is 3.59. The third-order valence-electron chi connectivity index (χ3n) is 3.49. The predicted octanol–water partition coefficient (Wildman–Crippen LogP) is 3.60. The molecule has 3 nitrogen and oxygen atoms in total. The van der Waals surface area contributed by atoms with Crippen LogP contribution in [0.25, 0.3) is 0 Å². The average Bonchev–Trinajstić information content (AvgIpc) is 2.44. The van der Waals surface area contributed by atoms with Crippen molar-refractivity contribution in [2.75, 3.05) is 6.54 Å². The van der Waals surface area contributed by atoms with Gasteiger partial charge in [-0.05, 0) is 37.9 Å². The molecule has 0 fully saturated rings. The van der Waals surface area contributed by atoms with E-state index in [2.05, 4.69) is 19.2 Å². The monoisotopic (exact) mass is 328 g/mol. The van der Waals surface area contributed by atoms with Crippen LogP contribution in [0.4, 0.5) is 0 Å². The number of nitrogens with two attached hydrogens (primary N) is 1. The van der Waals surface area contributed by atoms with E-state index in [4.69, 9.17) is 17.3 Å². The molecule has 1 aromatic carbocycles. The number of nitrogens with one attached hydrogen (secondary N) is 1. The Labute approximate surface area is 137 Å². The first-order valence-electron chi connectivity index (χ1n) is 7.29. The van der Waals surface area contributed by atoms with Crippen molar-refractivity contribution >= 4 is 29.3 Å². The number of primary amides is 1. The highest BCUT2D eigenvalue weighted by molar-refractivity contribution is 7.99. The van der Waals surface area contributed by atoms with Crippen LogP contribution in [-0.2, 0) is 10.5 Å². The molecule has 5 heteroatoms. The van der Waals surface area contributed by atoms with Crippen LogP contribution in [0.5, 0.6) is 0 Å². The molecule has 0 heterocycles. The second-order valence-corrected chi connectivity index (χ2v) is 7.37. The minimum absolute atomic E-state index is 0.291. The first kappa shape index (κ1) is 18.3. The van der Waals surface area contributed by atoms with Crippen LogP contribution in [0, 0.1) is 0 Å². The normalized spacial score (nSPS) is 15.4. The quantitative estimate of drug-likeness (QED) is 0.728. The fourth-order valence-electron chi connectivity index (χ4n) is 2.14. The number of carbonyl (C=O) groups excluding carboxylic acids is 1. The fraction of sp³-hybridized carbons (Fsp3) is 0.562. The Bertz CT molecular complexity index is 469. The summed E-state index contributed by atoms with van der Waals surface area (Å²) in [6, 6.07) is 7.85. The highest BCUT2D eigenvalue weighted by Gasteiger charge is 2.32. The van der Waals surface area contributed by atoms with Gasteiger partial charge in [-0.3, -0.25) is 4.79 Å². The summed E-state index contributed by atoms with van der Waals surface area (Å²) in [5, 5.41) is 4.37. The summed E-state index contributed by atoms with van der Waals surface area (Å²) in [5.41, 5.74) is 6.03. The van der Waals surface area contributed by atoms with E-state index >= 15 is 0 Å². The van der Waals surface area contributed by atoms with E-state index in [-0.39, 0.29) is 5.91 Å². The highest BCUT2D eigenvalue weighted by Crippen LogP contribution is 2.27. The van der Waals surface area contributed by atoms with Crippen molar-refractivity contribution in [3.63, 3.8) is 0 Å². The van der Waals surface area contributed by atoms with E-state index < -0.39 is 5.54 Å². The smallest absolute Gasteiger partial charge is 0.237 e. The number of halogens is 1. The lowest BCUT2D eigenvalue weighted by atomic mass is 9.95.